The van der Waals surface area contributed by atoms with Crippen LogP contribution >= 0.6 is 11.6 Å². The molecular formula is C15H12ClN3O5S. The van der Waals surface area contributed by atoms with E-state index in [0.717, 1.165) is 6.07 Å². The van der Waals surface area contributed by atoms with Crippen molar-refractivity contribution in [2.45, 2.75) is 18.7 Å². The summed E-state index contributed by atoms with van der Waals surface area (Å²) in [5, 5.41) is 11.1. The number of fused-ring (bicyclic) bond motifs is 1. The summed E-state index contributed by atoms with van der Waals surface area (Å²) < 4.78 is 32.8. The zero-order valence-electron chi connectivity index (χ0n) is 13.1. The lowest BCUT2D eigenvalue weighted by atomic mass is 10.2. The van der Waals surface area contributed by atoms with Crippen LogP contribution in [0.25, 0.3) is 11.1 Å². The van der Waals surface area contributed by atoms with E-state index in [1.165, 1.54) is 25.1 Å². The number of halogens is 1. The van der Waals surface area contributed by atoms with Gasteiger partial charge in [0, 0.05) is 18.6 Å². The number of oxazole rings is 1. The molecule has 0 bridgehead atoms. The summed E-state index contributed by atoms with van der Waals surface area (Å²) in [6.07, 6.45) is 0. The molecule has 0 aliphatic heterocycles. The lowest BCUT2D eigenvalue weighted by Gasteiger charge is -2.09. The highest BCUT2D eigenvalue weighted by Gasteiger charge is 2.23. The minimum atomic E-state index is -4.07. The van der Waals surface area contributed by atoms with Gasteiger partial charge in [0.2, 0.25) is 0 Å². The Morgan fingerprint density at radius 2 is 1.96 bits per heavy atom. The van der Waals surface area contributed by atoms with Crippen LogP contribution in [-0.4, -0.2) is 18.3 Å². The van der Waals surface area contributed by atoms with E-state index >= 15 is 0 Å². The molecule has 0 amide bonds. The molecule has 0 radical (unpaired) electrons. The fourth-order valence-electron chi connectivity index (χ4n) is 2.31. The second-order valence-corrected chi connectivity index (χ2v) is 7.42. The molecule has 0 fully saturated rings. The molecule has 0 saturated heterocycles. The number of anilines is 1. The molecule has 0 aliphatic rings. The van der Waals surface area contributed by atoms with Crippen LogP contribution in [-0.2, 0) is 10.0 Å². The van der Waals surface area contributed by atoms with E-state index in [1.807, 2.05) is 0 Å². The van der Waals surface area contributed by atoms with Gasteiger partial charge in [-0.15, -0.1) is 0 Å². The van der Waals surface area contributed by atoms with Gasteiger partial charge in [-0.25, -0.2) is 13.4 Å². The molecule has 0 unspecified atom stereocenters. The molecule has 0 spiro atoms. The zero-order valence-corrected chi connectivity index (χ0v) is 14.7. The third-order valence-electron chi connectivity index (χ3n) is 3.54. The lowest BCUT2D eigenvalue weighted by molar-refractivity contribution is -0.385. The van der Waals surface area contributed by atoms with Crippen LogP contribution in [0.4, 0.5) is 11.4 Å². The van der Waals surface area contributed by atoms with Gasteiger partial charge < -0.3 is 4.42 Å². The van der Waals surface area contributed by atoms with E-state index in [9.17, 15) is 18.5 Å². The minimum absolute atomic E-state index is 0.00264. The topological polar surface area (TPSA) is 115 Å². The molecule has 25 heavy (non-hydrogen) atoms. The van der Waals surface area contributed by atoms with Gasteiger partial charge in [0.1, 0.15) is 5.52 Å². The number of aromatic nitrogens is 1. The van der Waals surface area contributed by atoms with Gasteiger partial charge in [0.15, 0.2) is 11.5 Å². The summed E-state index contributed by atoms with van der Waals surface area (Å²) >= 11 is 5.93. The highest BCUT2D eigenvalue weighted by Crippen LogP contribution is 2.30. The van der Waals surface area contributed by atoms with Crippen LogP contribution in [0.2, 0.25) is 5.02 Å². The third-order valence-corrected chi connectivity index (χ3v) is 5.30. The molecule has 1 aromatic heterocycles. The second-order valence-electron chi connectivity index (χ2n) is 5.33. The smallest absolute Gasteiger partial charge is 0.275 e. The normalized spacial score (nSPS) is 11.6. The molecule has 3 rings (SSSR count). The van der Waals surface area contributed by atoms with Crippen LogP contribution < -0.4 is 4.72 Å². The van der Waals surface area contributed by atoms with Crippen molar-refractivity contribution < 1.29 is 17.8 Å². The zero-order chi connectivity index (χ0) is 18.4. The average molecular weight is 382 g/mol. The number of nitro benzene ring substituents is 1. The molecule has 10 heteroatoms. The van der Waals surface area contributed by atoms with Crippen LogP contribution in [0.15, 0.2) is 39.6 Å². The number of sulfonamides is 1. The van der Waals surface area contributed by atoms with E-state index in [4.69, 9.17) is 16.0 Å². The number of nitrogens with zero attached hydrogens (tertiary/aromatic N) is 2. The highest BCUT2D eigenvalue weighted by molar-refractivity contribution is 7.92. The van der Waals surface area contributed by atoms with Crippen LogP contribution in [0, 0.1) is 24.0 Å². The largest absolute Gasteiger partial charge is 0.441 e. The van der Waals surface area contributed by atoms with Crippen LogP contribution in [0.5, 0.6) is 0 Å². The fourth-order valence-corrected chi connectivity index (χ4v) is 3.68. The maximum atomic E-state index is 12.5. The van der Waals surface area contributed by atoms with Crippen molar-refractivity contribution in [2.24, 2.45) is 0 Å². The van der Waals surface area contributed by atoms with Gasteiger partial charge in [-0.05, 0) is 31.2 Å². The van der Waals surface area contributed by atoms with Crippen molar-refractivity contribution in [3.8, 4) is 0 Å². The standard InChI is InChI=1S/C15H12ClN3O5S/c1-8-12(16)6-11(7-14(8)19(20)21)25(22,23)18-10-3-4-15-13(5-10)17-9(2)24-15/h3-7,18H,1-2H3. The van der Waals surface area contributed by atoms with Crippen molar-refractivity contribution in [3.05, 3.63) is 56.9 Å². The molecule has 130 valence electrons. The summed E-state index contributed by atoms with van der Waals surface area (Å²) in [7, 11) is -4.07. The molecule has 0 atom stereocenters. The Bertz CT molecular complexity index is 1110. The fraction of sp³-hybridized carbons (Fsp3) is 0.133. The summed E-state index contributed by atoms with van der Waals surface area (Å²) in [5.41, 5.74) is 1.10. The Morgan fingerprint density at radius 1 is 1.24 bits per heavy atom. The summed E-state index contributed by atoms with van der Waals surface area (Å²) in [5.74, 6) is 0.455. The van der Waals surface area contributed by atoms with Crippen molar-refractivity contribution in [1.82, 2.24) is 4.98 Å². The summed E-state index contributed by atoms with van der Waals surface area (Å²) in [6, 6.07) is 6.74. The van der Waals surface area contributed by atoms with Gasteiger partial charge in [-0.1, -0.05) is 11.6 Å². The molecular weight excluding hydrogens is 370 g/mol. The number of rotatable bonds is 4. The lowest BCUT2D eigenvalue weighted by Crippen LogP contribution is -2.13. The molecule has 0 saturated carbocycles. The maximum absolute atomic E-state index is 12.5. The predicted octanol–water partition coefficient (Wildman–Crippen LogP) is 3.81. The number of hydrogen-bond donors (Lipinski definition) is 1. The van der Waals surface area contributed by atoms with E-state index in [1.54, 1.807) is 13.0 Å². The molecule has 0 aliphatic carbocycles. The second kappa shape index (κ2) is 6.01. The van der Waals surface area contributed by atoms with E-state index < -0.39 is 14.9 Å². The average Bonchev–Trinajstić information content (AvgIpc) is 2.88. The first-order chi connectivity index (χ1) is 11.7. The first kappa shape index (κ1) is 17.2. The van der Waals surface area contributed by atoms with Gasteiger partial charge in [0.25, 0.3) is 15.7 Å². The van der Waals surface area contributed by atoms with Gasteiger partial charge in [-0.3, -0.25) is 14.8 Å². The quantitative estimate of drug-likeness (QED) is 0.542. The third kappa shape index (κ3) is 3.28. The highest BCUT2D eigenvalue weighted by atomic mass is 35.5. The Labute approximate surface area is 147 Å². The summed E-state index contributed by atoms with van der Waals surface area (Å²) in [6.45, 7) is 3.13. The minimum Gasteiger partial charge on any atom is -0.441 e. The molecule has 8 nitrogen and oxygen atoms in total. The van der Waals surface area contributed by atoms with E-state index in [2.05, 4.69) is 9.71 Å². The predicted molar refractivity (Wildman–Crippen MR) is 92.4 cm³/mol. The number of hydrogen-bond acceptors (Lipinski definition) is 6. The van der Waals surface area contributed by atoms with Crippen molar-refractivity contribution in [3.63, 3.8) is 0 Å². The first-order valence-electron chi connectivity index (χ1n) is 7.02. The van der Waals surface area contributed by atoms with Crippen LogP contribution in [0.3, 0.4) is 0 Å². The van der Waals surface area contributed by atoms with Crippen LogP contribution in [0.1, 0.15) is 11.5 Å². The SMILES string of the molecule is Cc1nc2cc(NS(=O)(=O)c3cc(Cl)c(C)c([N+](=O)[O-])c3)ccc2o1. The van der Waals surface area contributed by atoms with Crippen molar-refractivity contribution in [1.29, 1.82) is 0 Å². The Hall–Kier alpha value is -2.65. The Balaban J connectivity index is 2.02. The van der Waals surface area contributed by atoms with E-state index in [-0.39, 0.29) is 26.9 Å². The summed E-state index contributed by atoms with van der Waals surface area (Å²) in [4.78, 5) is 14.2. The van der Waals surface area contributed by atoms with E-state index in [0.29, 0.717) is 17.0 Å². The molecule has 1 heterocycles. The number of benzene rings is 2. The van der Waals surface area contributed by atoms with Crippen molar-refractivity contribution in [2.75, 3.05) is 4.72 Å². The van der Waals surface area contributed by atoms with Crippen molar-refractivity contribution >= 4 is 44.1 Å². The monoisotopic (exact) mass is 381 g/mol. The van der Waals surface area contributed by atoms with Gasteiger partial charge in [-0.2, -0.15) is 0 Å². The van der Waals surface area contributed by atoms with Gasteiger partial charge >= 0.3 is 0 Å². The van der Waals surface area contributed by atoms with Gasteiger partial charge in [0.05, 0.1) is 20.5 Å². The Morgan fingerprint density at radius 3 is 2.64 bits per heavy atom. The number of aryl methyl sites for hydroxylation is 1. The molecule has 2 aromatic carbocycles. The molecule has 1 N–H and O–H groups in total. The number of nitrogens with one attached hydrogen (secondary N) is 1. The molecule has 3 aromatic rings. The number of nitro groups is 1. The first-order valence-corrected chi connectivity index (χ1v) is 8.88. The Kier molecular flexibility index (Phi) is 4.13. The maximum Gasteiger partial charge on any atom is 0.275 e.